The monoisotopic (exact) mass is 282 g/mol. The van der Waals surface area contributed by atoms with E-state index in [1.54, 1.807) is 6.92 Å². The second-order valence-corrected chi connectivity index (χ2v) is 3.97. The number of benzene rings is 1. The van der Waals surface area contributed by atoms with E-state index in [4.69, 9.17) is 5.73 Å². The quantitative estimate of drug-likeness (QED) is 0.503. The van der Waals surface area contributed by atoms with E-state index in [-0.39, 0.29) is 12.6 Å². The first kappa shape index (κ1) is 15.4. The van der Waals surface area contributed by atoms with Gasteiger partial charge in [-0.05, 0) is 13.3 Å². The number of carbonyl (C=O) groups is 1. The second-order valence-electron chi connectivity index (χ2n) is 3.97. The Hall–Kier alpha value is -1.70. The fourth-order valence-electron chi connectivity index (χ4n) is 1.31. The smallest absolute Gasteiger partial charge is 0.257 e. The first-order valence-corrected chi connectivity index (χ1v) is 5.32. The molecule has 0 bridgehead atoms. The highest BCUT2D eigenvalue weighted by atomic mass is 19.2. The summed E-state index contributed by atoms with van der Waals surface area (Å²) in [4.78, 5) is 11.4. The van der Waals surface area contributed by atoms with Crippen molar-refractivity contribution < 1.29 is 26.7 Å². The van der Waals surface area contributed by atoms with Crippen LogP contribution in [0.4, 0.5) is 22.0 Å². The van der Waals surface area contributed by atoms with Crippen LogP contribution >= 0.6 is 0 Å². The Balaban J connectivity index is 3.04. The van der Waals surface area contributed by atoms with Crippen LogP contribution in [0.25, 0.3) is 0 Å². The summed E-state index contributed by atoms with van der Waals surface area (Å²) in [7, 11) is 0. The maximum atomic E-state index is 13.2. The fraction of sp³-hybridized carbons (Fsp3) is 0.364. The first-order valence-electron chi connectivity index (χ1n) is 5.32. The lowest BCUT2D eigenvalue weighted by molar-refractivity contribution is 0.0941. The second kappa shape index (κ2) is 5.96. The summed E-state index contributed by atoms with van der Waals surface area (Å²) in [5.74, 6) is -12.3. The Morgan fingerprint density at radius 2 is 1.47 bits per heavy atom. The lowest BCUT2D eigenvalue weighted by Crippen LogP contribution is -2.31. The van der Waals surface area contributed by atoms with Gasteiger partial charge in [0.25, 0.3) is 5.91 Å². The van der Waals surface area contributed by atoms with Crippen molar-refractivity contribution in [2.24, 2.45) is 5.73 Å². The predicted octanol–water partition coefficient (Wildman–Crippen LogP) is 1.85. The van der Waals surface area contributed by atoms with Crippen LogP contribution in [0.2, 0.25) is 0 Å². The zero-order valence-electron chi connectivity index (χ0n) is 9.87. The van der Waals surface area contributed by atoms with Crippen LogP contribution < -0.4 is 11.1 Å². The van der Waals surface area contributed by atoms with Crippen molar-refractivity contribution in [3.63, 3.8) is 0 Å². The van der Waals surface area contributed by atoms with Crippen molar-refractivity contribution in [2.45, 2.75) is 19.4 Å². The Labute approximate surface area is 105 Å². The highest BCUT2D eigenvalue weighted by molar-refractivity contribution is 5.94. The zero-order chi connectivity index (χ0) is 14.7. The molecule has 0 aliphatic rings. The number of halogens is 5. The van der Waals surface area contributed by atoms with Gasteiger partial charge in [-0.15, -0.1) is 0 Å². The Bertz CT molecular complexity index is 475. The highest BCUT2D eigenvalue weighted by Gasteiger charge is 2.29. The molecule has 1 atom stereocenters. The molecule has 3 nitrogen and oxygen atoms in total. The summed E-state index contributed by atoms with van der Waals surface area (Å²) >= 11 is 0. The summed E-state index contributed by atoms with van der Waals surface area (Å²) in [6.45, 7) is 1.58. The minimum Gasteiger partial charge on any atom is -0.352 e. The Morgan fingerprint density at radius 1 is 1.05 bits per heavy atom. The molecule has 8 heteroatoms. The van der Waals surface area contributed by atoms with Crippen LogP contribution in [0.15, 0.2) is 0 Å². The number of rotatable bonds is 4. The average molecular weight is 282 g/mol. The maximum Gasteiger partial charge on any atom is 0.257 e. The van der Waals surface area contributed by atoms with Crippen molar-refractivity contribution in [2.75, 3.05) is 6.54 Å². The molecule has 0 heterocycles. The normalized spacial score (nSPS) is 12.4. The third-order valence-electron chi connectivity index (χ3n) is 2.32. The molecule has 1 aromatic rings. The molecule has 0 radical (unpaired) electrons. The largest absolute Gasteiger partial charge is 0.352 e. The van der Waals surface area contributed by atoms with Gasteiger partial charge in [0.05, 0.1) is 0 Å². The van der Waals surface area contributed by atoms with Gasteiger partial charge in [-0.25, -0.2) is 22.0 Å². The van der Waals surface area contributed by atoms with Crippen LogP contribution in [0.1, 0.15) is 23.7 Å². The molecule has 1 aromatic carbocycles. The van der Waals surface area contributed by atoms with Gasteiger partial charge in [0, 0.05) is 12.6 Å². The van der Waals surface area contributed by atoms with Gasteiger partial charge in [0.2, 0.25) is 5.82 Å². The third kappa shape index (κ3) is 3.19. The van der Waals surface area contributed by atoms with E-state index in [0.29, 0.717) is 6.42 Å². The molecule has 0 spiro atoms. The summed E-state index contributed by atoms with van der Waals surface area (Å²) in [6.07, 6.45) is 0.293. The van der Waals surface area contributed by atoms with Crippen molar-refractivity contribution in [3.05, 3.63) is 34.6 Å². The molecular weight excluding hydrogens is 271 g/mol. The SMILES string of the molecule is CC(N)CCNC(=O)c1c(F)c(F)c(F)c(F)c1F. The van der Waals surface area contributed by atoms with E-state index in [0.717, 1.165) is 0 Å². The van der Waals surface area contributed by atoms with Crippen LogP contribution in [0, 0.1) is 29.1 Å². The molecule has 0 saturated carbocycles. The van der Waals surface area contributed by atoms with Gasteiger partial charge in [-0.2, -0.15) is 0 Å². The lowest BCUT2D eigenvalue weighted by atomic mass is 10.1. The van der Waals surface area contributed by atoms with Crippen molar-refractivity contribution in [1.29, 1.82) is 0 Å². The van der Waals surface area contributed by atoms with E-state index < -0.39 is 40.6 Å². The summed E-state index contributed by atoms with van der Waals surface area (Å²) < 4.78 is 64.9. The molecule has 1 unspecified atom stereocenters. The first-order chi connectivity index (χ1) is 8.77. The zero-order valence-corrected chi connectivity index (χ0v) is 9.87. The number of nitrogens with two attached hydrogens (primary N) is 1. The summed E-state index contributed by atoms with van der Waals surface area (Å²) in [5, 5.41) is 2.03. The van der Waals surface area contributed by atoms with E-state index in [1.165, 1.54) is 0 Å². The number of hydrogen-bond acceptors (Lipinski definition) is 2. The summed E-state index contributed by atoms with van der Waals surface area (Å²) in [5.41, 5.74) is 3.88. The Morgan fingerprint density at radius 3 is 1.89 bits per heavy atom. The molecule has 0 saturated heterocycles. The molecule has 0 fully saturated rings. The standard InChI is InChI=1S/C11H11F5N2O/c1-4(17)2-3-18-11(19)5-6(12)8(14)10(16)9(15)7(5)13/h4H,2-3,17H2,1H3,(H,18,19). The third-order valence-corrected chi connectivity index (χ3v) is 2.32. The molecular formula is C11H11F5N2O. The van der Waals surface area contributed by atoms with Gasteiger partial charge in [0.1, 0.15) is 5.56 Å². The molecule has 106 valence electrons. The van der Waals surface area contributed by atoms with E-state index >= 15 is 0 Å². The molecule has 3 N–H and O–H groups in total. The lowest BCUT2D eigenvalue weighted by Gasteiger charge is -2.10. The minimum absolute atomic E-state index is 0.0456. The van der Waals surface area contributed by atoms with Gasteiger partial charge in [-0.1, -0.05) is 0 Å². The van der Waals surface area contributed by atoms with Crippen molar-refractivity contribution >= 4 is 5.91 Å². The van der Waals surface area contributed by atoms with Crippen LogP contribution in [-0.4, -0.2) is 18.5 Å². The average Bonchev–Trinajstić information content (AvgIpc) is 2.34. The van der Waals surface area contributed by atoms with E-state index in [9.17, 15) is 26.7 Å². The van der Waals surface area contributed by atoms with E-state index in [2.05, 4.69) is 0 Å². The minimum atomic E-state index is -2.30. The molecule has 1 rings (SSSR count). The van der Waals surface area contributed by atoms with Gasteiger partial charge in [-0.3, -0.25) is 4.79 Å². The van der Waals surface area contributed by atoms with Gasteiger partial charge >= 0.3 is 0 Å². The van der Waals surface area contributed by atoms with Crippen LogP contribution in [0.3, 0.4) is 0 Å². The summed E-state index contributed by atoms with van der Waals surface area (Å²) in [6, 6.07) is -0.281. The maximum absolute atomic E-state index is 13.2. The predicted molar refractivity (Wildman–Crippen MR) is 56.8 cm³/mol. The van der Waals surface area contributed by atoms with Gasteiger partial charge in [0.15, 0.2) is 23.3 Å². The Kier molecular flexibility index (Phi) is 4.82. The molecule has 0 aliphatic heterocycles. The highest BCUT2D eigenvalue weighted by Crippen LogP contribution is 2.22. The van der Waals surface area contributed by atoms with Crippen LogP contribution in [-0.2, 0) is 0 Å². The number of carbonyl (C=O) groups excluding carboxylic acids is 1. The molecule has 1 amide bonds. The number of nitrogens with one attached hydrogen (secondary N) is 1. The van der Waals surface area contributed by atoms with E-state index in [1.807, 2.05) is 5.32 Å². The van der Waals surface area contributed by atoms with Crippen molar-refractivity contribution in [1.82, 2.24) is 5.32 Å². The molecule has 19 heavy (non-hydrogen) atoms. The number of hydrogen-bond donors (Lipinski definition) is 2. The number of amides is 1. The fourth-order valence-corrected chi connectivity index (χ4v) is 1.31. The molecule has 0 aliphatic carbocycles. The van der Waals surface area contributed by atoms with Crippen molar-refractivity contribution in [3.8, 4) is 0 Å². The molecule has 0 aromatic heterocycles. The van der Waals surface area contributed by atoms with Gasteiger partial charge < -0.3 is 11.1 Å². The van der Waals surface area contributed by atoms with Crippen LogP contribution in [0.5, 0.6) is 0 Å². The topological polar surface area (TPSA) is 55.1 Å².